The molecule has 188 valence electrons. The van der Waals surface area contributed by atoms with E-state index in [0.29, 0.717) is 5.56 Å². The highest BCUT2D eigenvalue weighted by molar-refractivity contribution is 6.01. The monoisotopic (exact) mass is 504 g/mol. The van der Waals surface area contributed by atoms with Crippen molar-refractivity contribution in [1.29, 1.82) is 0 Å². The minimum absolute atomic E-state index is 0. The Balaban J connectivity index is 0.00000304. The van der Waals surface area contributed by atoms with Crippen LogP contribution in [0.15, 0.2) is 66.9 Å². The molecule has 0 unspecified atom stereocenters. The zero-order valence-corrected chi connectivity index (χ0v) is 21.8. The summed E-state index contributed by atoms with van der Waals surface area (Å²) in [6, 6.07) is 19.8. The van der Waals surface area contributed by atoms with Crippen molar-refractivity contribution in [2.75, 3.05) is 25.0 Å². The molecule has 36 heavy (non-hydrogen) atoms. The van der Waals surface area contributed by atoms with Crippen LogP contribution in [-0.4, -0.2) is 51.6 Å². The molecule has 1 aliphatic rings. The Bertz CT molecular complexity index is 1350. The van der Waals surface area contributed by atoms with Crippen LogP contribution in [0, 0.1) is 6.92 Å². The molecule has 2 atom stereocenters. The number of fused-ring (bicyclic) bond motifs is 1. The van der Waals surface area contributed by atoms with Gasteiger partial charge < -0.3 is 15.5 Å². The lowest BCUT2D eigenvalue weighted by Crippen LogP contribution is -2.31. The standard InChI is InChI=1S/C28H32N6O.ClH/c1-4-25(32(3)28(35)23-13-9-8-12-22(23)20-10-6-5-7-11-20)24-16-26-30-27(19(2)17-34(26)31-24)33-15-14-21(29)18-33;/h5-13,16-17,21,25H,4,14-15,18,29H2,1-3H3;1H/t21-,25-;/m0./s1. The predicted octanol–water partition coefficient (Wildman–Crippen LogP) is 4.89. The third-order valence-corrected chi connectivity index (χ3v) is 6.91. The summed E-state index contributed by atoms with van der Waals surface area (Å²) < 4.78 is 1.82. The summed E-state index contributed by atoms with van der Waals surface area (Å²) in [6.07, 6.45) is 3.74. The van der Waals surface area contributed by atoms with Crippen LogP contribution >= 0.6 is 12.4 Å². The smallest absolute Gasteiger partial charge is 0.254 e. The number of rotatable bonds is 6. The molecule has 0 radical (unpaired) electrons. The largest absolute Gasteiger partial charge is 0.355 e. The van der Waals surface area contributed by atoms with Crippen LogP contribution < -0.4 is 10.6 Å². The van der Waals surface area contributed by atoms with Gasteiger partial charge in [0.15, 0.2) is 5.65 Å². The Morgan fingerprint density at radius 2 is 1.89 bits per heavy atom. The number of hydrogen-bond acceptors (Lipinski definition) is 5. The highest BCUT2D eigenvalue weighted by atomic mass is 35.5. The second-order valence-electron chi connectivity index (χ2n) is 9.37. The molecule has 1 fully saturated rings. The van der Waals surface area contributed by atoms with Gasteiger partial charge in [-0.2, -0.15) is 5.10 Å². The van der Waals surface area contributed by atoms with Gasteiger partial charge in [0.1, 0.15) is 5.82 Å². The third-order valence-electron chi connectivity index (χ3n) is 6.91. The van der Waals surface area contributed by atoms with E-state index in [-0.39, 0.29) is 30.4 Å². The lowest BCUT2D eigenvalue weighted by Gasteiger charge is -2.27. The molecule has 8 heteroatoms. The maximum atomic E-state index is 13.7. The van der Waals surface area contributed by atoms with Crippen molar-refractivity contribution >= 4 is 29.8 Å². The van der Waals surface area contributed by atoms with Crippen molar-refractivity contribution < 1.29 is 4.79 Å². The lowest BCUT2D eigenvalue weighted by atomic mass is 9.98. The normalized spacial score (nSPS) is 16.1. The Kier molecular flexibility index (Phi) is 7.62. The fourth-order valence-corrected chi connectivity index (χ4v) is 5.03. The Hall–Kier alpha value is -3.42. The maximum Gasteiger partial charge on any atom is 0.254 e. The number of carbonyl (C=O) groups excluding carboxylic acids is 1. The van der Waals surface area contributed by atoms with Crippen molar-refractivity contribution in [3.8, 4) is 11.1 Å². The van der Waals surface area contributed by atoms with Crippen LogP contribution in [0.2, 0.25) is 0 Å². The zero-order valence-electron chi connectivity index (χ0n) is 21.0. The summed E-state index contributed by atoms with van der Waals surface area (Å²) in [4.78, 5) is 22.7. The molecule has 0 aliphatic carbocycles. The first-order valence-electron chi connectivity index (χ1n) is 12.2. The highest BCUT2D eigenvalue weighted by Crippen LogP contribution is 2.30. The first kappa shape index (κ1) is 25.7. The van der Waals surface area contributed by atoms with Gasteiger partial charge in [-0.05, 0) is 37.0 Å². The number of anilines is 1. The molecule has 1 amide bonds. The molecular formula is C28H33ClN6O. The summed E-state index contributed by atoms with van der Waals surface area (Å²) in [5.41, 5.74) is 11.4. The van der Waals surface area contributed by atoms with Gasteiger partial charge in [0.25, 0.3) is 5.91 Å². The number of benzene rings is 2. The van der Waals surface area contributed by atoms with Crippen LogP contribution in [0.1, 0.15) is 47.4 Å². The van der Waals surface area contributed by atoms with Gasteiger partial charge in [-0.1, -0.05) is 55.5 Å². The van der Waals surface area contributed by atoms with Crippen LogP contribution in [-0.2, 0) is 0 Å². The van der Waals surface area contributed by atoms with Crippen molar-refractivity contribution in [1.82, 2.24) is 19.5 Å². The summed E-state index contributed by atoms with van der Waals surface area (Å²) in [5, 5.41) is 4.82. The number of nitrogens with two attached hydrogens (primary N) is 1. The summed E-state index contributed by atoms with van der Waals surface area (Å²) in [5.74, 6) is 0.940. The number of amides is 1. The van der Waals surface area contributed by atoms with Gasteiger partial charge in [-0.25, -0.2) is 9.50 Å². The average molecular weight is 505 g/mol. The van der Waals surface area contributed by atoms with E-state index in [1.807, 2.05) is 78.4 Å². The van der Waals surface area contributed by atoms with E-state index in [9.17, 15) is 4.79 Å². The average Bonchev–Trinajstić information content (AvgIpc) is 3.49. The fraction of sp³-hybridized carbons (Fsp3) is 0.321. The van der Waals surface area contributed by atoms with E-state index in [1.54, 1.807) is 4.90 Å². The van der Waals surface area contributed by atoms with E-state index in [2.05, 4.69) is 18.7 Å². The number of carbonyl (C=O) groups is 1. The lowest BCUT2D eigenvalue weighted by molar-refractivity contribution is 0.0723. The molecule has 0 spiro atoms. The van der Waals surface area contributed by atoms with Gasteiger partial charge in [0.2, 0.25) is 0 Å². The van der Waals surface area contributed by atoms with Crippen LogP contribution in [0.4, 0.5) is 5.82 Å². The first-order chi connectivity index (χ1) is 17.0. The number of nitrogens with zero attached hydrogens (tertiary/aromatic N) is 5. The quantitative estimate of drug-likeness (QED) is 0.404. The molecule has 2 N–H and O–H groups in total. The van der Waals surface area contributed by atoms with Gasteiger partial charge >= 0.3 is 0 Å². The Labute approximate surface area is 218 Å². The molecule has 5 rings (SSSR count). The van der Waals surface area contributed by atoms with Gasteiger partial charge in [0, 0.05) is 49.6 Å². The van der Waals surface area contributed by atoms with E-state index in [0.717, 1.165) is 59.8 Å². The van der Waals surface area contributed by atoms with Crippen molar-refractivity contribution in [3.05, 3.63) is 83.7 Å². The minimum atomic E-state index is -0.169. The molecule has 4 aromatic rings. The van der Waals surface area contributed by atoms with E-state index in [1.165, 1.54) is 0 Å². The predicted molar refractivity (Wildman–Crippen MR) is 147 cm³/mol. The van der Waals surface area contributed by atoms with E-state index in [4.69, 9.17) is 15.8 Å². The summed E-state index contributed by atoms with van der Waals surface area (Å²) in [6.45, 7) is 5.88. The number of hydrogen-bond donors (Lipinski definition) is 1. The van der Waals surface area contributed by atoms with Crippen molar-refractivity contribution in [2.24, 2.45) is 5.73 Å². The second-order valence-corrected chi connectivity index (χ2v) is 9.37. The molecule has 3 heterocycles. The summed E-state index contributed by atoms with van der Waals surface area (Å²) >= 11 is 0. The van der Waals surface area contributed by atoms with Crippen molar-refractivity contribution in [3.63, 3.8) is 0 Å². The number of halogens is 1. The van der Waals surface area contributed by atoms with E-state index >= 15 is 0 Å². The number of aryl methyl sites for hydroxylation is 1. The van der Waals surface area contributed by atoms with Crippen LogP contribution in [0.5, 0.6) is 0 Å². The summed E-state index contributed by atoms with van der Waals surface area (Å²) in [7, 11) is 1.86. The maximum absolute atomic E-state index is 13.7. The Morgan fingerprint density at radius 1 is 1.17 bits per heavy atom. The molecule has 1 saturated heterocycles. The van der Waals surface area contributed by atoms with Gasteiger partial charge in [0.05, 0.1) is 11.7 Å². The molecule has 7 nitrogen and oxygen atoms in total. The fourth-order valence-electron chi connectivity index (χ4n) is 5.03. The third kappa shape index (κ3) is 4.81. The molecule has 2 aromatic carbocycles. The molecule has 0 bridgehead atoms. The van der Waals surface area contributed by atoms with Crippen LogP contribution in [0.3, 0.4) is 0 Å². The highest BCUT2D eigenvalue weighted by Gasteiger charge is 2.27. The topological polar surface area (TPSA) is 79.8 Å². The SMILES string of the molecule is CC[C@@H](c1cc2nc(N3CC[C@H](N)C3)c(C)cn2n1)N(C)C(=O)c1ccccc1-c1ccccc1.Cl. The number of aromatic nitrogens is 3. The van der Waals surface area contributed by atoms with Crippen LogP contribution in [0.25, 0.3) is 16.8 Å². The second kappa shape index (κ2) is 10.7. The zero-order chi connectivity index (χ0) is 24.5. The van der Waals surface area contributed by atoms with Gasteiger partial charge in [-0.3, -0.25) is 4.79 Å². The molecule has 0 saturated carbocycles. The minimum Gasteiger partial charge on any atom is -0.355 e. The molecular weight excluding hydrogens is 472 g/mol. The van der Waals surface area contributed by atoms with Gasteiger partial charge in [-0.15, -0.1) is 12.4 Å². The van der Waals surface area contributed by atoms with Crippen molar-refractivity contribution in [2.45, 2.75) is 38.8 Å². The van der Waals surface area contributed by atoms with E-state index < -0.39 is 0 Å². The Morgan fingerprint density at radius 3 is 2.58 bits per heavy atom. The molecule has 2 aromatic heterocycles. The first-order valence-corrected chi connectivity index (χ1v) is 12.2. The molecule has 1 aliphatic heterocycles.